The minimum absolute atomic E-state index is 0.0570. The number of carbonyl (C=O) groups is 2. The molecule has 1 atom stereocenters. The third kappa shape index (κ3) is 4.09. The lowest BCUT2D eigenvalue weighted by Gasteiger charge is -2.33. The molecule has 1 aromatic rings. The number of urea groups is 1. The maximum Gasteiger partial charge on any atom is 0.433 e. The van der Waals surface area contributed by atoms with Crippen LogP contribution >= 0.6 is 0 Å². The highest BCUT2D eigenvalue weighted by molar-refractivity contribution is 6.07. The zero-order chi connectivity index (χ0) is 18.9. The molecule has 1 unspecified atom stereocenters. The number of halogens is 3. The summed E-state index contributed by atoms with van der Waals surface area (Å²) in [5.74, 6) is -0.0680. The first-order valence-corrected chi connectivity index (χ1v) is 8.05. The predicted octanol–water partition coefficient (Wildman–Crippen LogP) is 1.05. The van der Waals surface area contributed by atoms with E-state index in [-0.39, 0.29) is 23.6 Å². The van der Waals surface area contributed by atoms with Crippen LogP contribution in [-0.2, 0) is 11.0 Å². The number of aliphatic imine (C=N–C) groups is 1. The molecule has 11 heteroatoms. The zero-order valence-corrected chi connectivity index (χ0v) is 13.9. The number of carbonyl (C=O) groups excluding carboxylic acids is 2. The molecule has 1 fully saturated rings. The van der Waals surface area contributed by atoms with Crippen LogP contribution in [0, 0.1) is 6.92 Å². The summed E-state index contributed by atoms with van der Waals surface area (Å²) in [5, 5.41) is 5.21. The molecule has 0 spiro atoms. The number of anilines is 1. The zero-order valence-electron chi connectivity index (χ0n) is 13.9. The van der Waals surface area contributed by atoms with Crippen LogP contribution in [0.5, 0.6) is 0 Å². The van der Waals surface area contributed by atoms with E-state index in [1.165, 1.54) is 13.1 Å². The average molecular weight is 370 g/mol. The first kappa shape index (κ1) is 18.1. The summed E-state index contributed by atoms with van der Waals surface area (Å²) in [6, 6.07) is -0.523. The number of aromatic nitrogens is 2. The third-order valence-electron chi connectivity index (χ3n) is 4.18. The van der Waals surface area contributed by atoms with Gasteiger partial charge in [0.15, 0.2) is 0 Å². The van der Waals surface area contributed by atoms with Gasteiger partial charge < -0.3 is 15.5 Å². The maximum atomic E-state index is 12.9. The first-order valence-electron chi connectivity index (χ1n) is 8.05. The van der Waals surface area contributed by atoms with Crippen molar-refractivity contribution >= 4 is 24.0 Å². The molecule has 2 aliphatic heterocycles. The number of piperidine rings is 1. The van der Waals surface area contributed by atoms with Crippen molar-refractivity contribution in [3.05, 3.63) is 17.6 Å². The van der Waals surface area contributed by atoms with Crippen LogP contribution in [0.2, 0.25) is 0 Å². The number of hydrogen-bond acceptors (Lipinski definition) is 5. The summed E-state index contributed by atoms with van der Waals surface area (Å²) in [6.45, 7) is 2.32. The Morgan fingerprint density at radius 3 is 2.58 bits per heavy atom. The molecule has 0 saturated carbocycles. The Hall–Kier alpha value is -2.72. The molecule has 3 rings (SSSR count). The Balaban J connectivity index is 1.59. The molecule has 3 heterocycles. The quantitative estimate of drug-likeness (QED) is 0.829. The molecule has 140 valence electrons. The number of nitrogens with zero attached hydrogens (tertiary/aromatic N) is 4. The van der Waals surface area contributed by atoms with Gasteiger partial charge in [-0.15, -0.1) is 0 Å². The number of amides is 3. The summed E-state index contributed by atoms with van der Waals surface area (Å²) < 4.78 is 38.7. The Labute approximate surface area is 146 Å². The largest absolute Gasteiger partial charge is 0.433 e. The van der Waals surface area contributed by atoms with Gasteiger partial charge in [-0.05, 0) is 19.8 Å². The van der Waals surface area contributed by atoms with Crippen LogP contribution in [0.4, 0.5) is 23.8 Å². The Morgan fingerprint density at radius 1 is 1.31 bits per heavy atom. The van der Waals surface area contributed by atoms with Gasteiger partial charge >= 0.3 is 12.2 Å². The van der Waals surface area contributed by atoms with Crippen LogP contribution in [0.25, 0.3) is 0 Å². The monoisotopic (exact) mass is 370 g/mol. The Bertz CT molecular complexity index is 743. The molecule has 8 nitrogen and oxygen atoms in total. The topological polar surface area (TPSA) is 99.6 Å². The average Bonchev–Trinajstić information content (AvgIpc) is 3.01. The molecule has 3 amide bonds. The van der Waals surface area contributed by atoms with E-state index < -0.39 is 23.9 Å². The fraction of sp³-hybridized carbons (Fsp3) is 0.533. The number of aryl methyl sites for hydroxylation is 1. The summed E-state index contributed by atoms with van der Waals surface area (Å²) >= 11 is 0. The van der Waals surface area contributed by atoms with Crippen molar-refractivity contribution in [1.29, 1.82) is 0 Å². The summed E-state index contributed by atoms with van der Waals surface area (Å²) in [4.78, 5) is 35.8. The van der Waals surface area contributed by atoms with Gasteiger partial charge in [0.1, 0.15) is 23.4 Å². The molecule has 1 saturated heterocycles. The van der Waals surface area contributed by atoms with Crippen LogP contribution in [-0.4, -0.2) is 53.3 Å². The molecule has 2 N–H and O–H groups in total. The fourth-order valence-corrected chi connectivity index (χ4v) is 2.89. The second-order valence-corrected chi connectivity index (χ2v) is 6.13. The van der Waals surface area contributed by atoms with Gasteiger partial charge in [-0.3, -0.25) is 4.79 Å². The van der Waals surface area contributed by atoms with E-state index in [0.717, 1.165) is 6.07 Å². The first-order chi connectivity index (χ1) is 12.2. The van der Waals surface area contributed by atoms with Crippen molar-refractivity contribution in [3.63, 3.8) is 0 Å². The maximum absolute atomic E-state index is 12.9. The highest BCUT2D eigenvalue weighted by atomic mass is 19.4. The highest BCUT2D eigenvalue weighted by Gasteiger charge is 2.34. The summed E-state index contributed by atoms with van der Waals surface area (Å²) in [6.07, 6.45) is -2.18. The van der Waals surface area contributed by atoms with Gasteiger partial charge in [-0.1, -0.05) is 0 Å². The third-order valence-corrected chi connectivity index (χ3v) is 4.18. The van der Waals surface area contributed by atoms with E-state index in [9.17, 15) is 22.8 Å². The van der Waals surface area contributed by atoms with Gasteiger partial charge in [0.2, 0.25) is 5.91 Å². The normalized spacial score (nSPS) is 21.0. The predicted molar refractivity (Wildman–Crippen MR) is 86.0 cm³/mol. The van der Waals surface area contributed by atoms with E-state index in [1.807, 2.05) is 0 Å². The van der Waals surface area contributed by atoms with Gasteiger partial charge in [-0.2, -0.15) is 13.2 Å². The number of hydrogen-bond donors (Lipinski definition) is 2. The number of rotatable bonds is 3. The van der Waals surface area contributed by atoms with Crippen LogP contribution < -0.4 is 15.5 Å². The molecule has 0 radical (unpaired) electrons. The Morgan fingerprint density at radius 2 is 2.00 bits per heavy atom. The van der Waals surface area contributed by atoms with E-state index in [0.29, 0.717) is 25.9 Å². The lowest BCUT2D eigenvalue weighted by Crippen LogP contribution is -2.50. The van der Waals surface area contributed by atoms with E-state index in [2.05, 4.69) is 25.6 Å². The van der Waals surface area contributed by atoms with Gasteiger partial charge in [0, 0.05) is 31.4 Å². The minimum Gasteiger partial charge on any atom is -0.356 e. The lowest BCUT2D eigenvalue weighted by molar-refractivity contribution is -0.141. The second-order valence-electron chi connectivity index (χ2n) is 6.13. The smallest absolute Gasteiger partial charge is 0.356 e. The molecule has 0 aliphatic carbocycles. The van der Waals surface area contributed by atoms with Crippen LogP contribution in [0.1, 0.15) is 24.4 Å². The van der Waals surface area contributed by atoms with Crippen LogP contribution in [0.3, 0.4) is 0 Å². The van der Waals surface area contributed by atoms with Crippen molar-refractivity contribution < 1.29 is 22.8 Å². The lowest BCUT2D eigenvalue weighted by atomic mass is 10.0. The van der Waals surface area contributed by atoms with E-state index in [4.69, 9.17) is 0 Å². The van der Waals surface area contributed by atoms with Gasteiger partial charge in [0.25, 0.3) is 0 Å². The molecule has 1 aromatic heterocycles. The number of alkyl halides is 3. The van der Waals surface area contributed by atoms with Crippen LogP contribution in [0.15, 0.2) is 11.1 Å². The SMILES string of the molecule is Cc1nc(N2CCC(NC(=O)C3C=NC(=O)N3)CC2)cc(C(F)(F)F)n1. The fourth-order valence-electron chi connectivity index (χ4n) is 2.89. The van der Waals surface area contributed by atoms with E-state index in [1.54, 1.807) is 4.90 Å². The second kappa shape index (κ2) is 6.89. The summed E-state index contributed by atoms with van der Waals surface area (Å²) in [5.41, 5.74) is -0.966. The van der Waals surface area contributed by atoms with Gasteiger partial charge in [-0.25, -0.2) is 19.8 Å². The molecule has 26 heavy (non-hydrogen) atoms. The number of nitrogens with one attached hydrogen (secondary N) is 2. The Kier molecular flexibility index (Phi) is 4.79. The van der Waals surface area contributed by atoms with Gasteiger partial charge in [0.05, 0.1) is 0 Å². The van der Waals surface area contributed by atoms with Crippen molar-refractivity contribution in [1.82, 2.24) is 20.6 Å². The van der Waals surface area contributed by atoms with E-state index >= 15 is 0 Å². The van der Waals surface area contributed by atoms with Crippen molar-refractivity contribution in [2.75, 3.05) is 18.0 Å². The molecule has 0 aromatic carbocycles. The standard InChI is InChI=1S/C15H17F3N6O2/c1-8-20-11(15(16,17)18)6-12(21-8)24-4-2-9(3-5-24)22-13(25)10-7-19-14(26)23-10/h6-7,9-10H,2-5H2,1H3,(H,22,25)(H,23,26). The minimum atomic E-state index is -4.53. The van der Waals surface area contributed by atoms with Crippen molar-refractivity contribution in [2.45, 2.75) is 38.0 Å². The summed E-state index contributed by atoms with van der Waals surface area (Å²) in [7, 11) is 0. The van der Waals surface area contributed by atoms with Crippen molar-refractivity contribution in [3.8, 4) is 0 Å². The van der Waals surface area contributed by atoms with Crippen molar-refractivity contribution in [2.24, 2.45) is 4.99 Å². The molecule has 2 aliphatic rings. The molecule has 0 bridgehead atoms. The highest BCUT2D eigenvalue weighted by Crippen LogP contribution is 2.30. The molecular weight excluding hydrogens is 353 g/mol. The molecular formula is C15H17F3N6O2.